The molecule has 0 spiro atoms. The molecule has 2 aromatic rings. The van der Waals surface area contributed by atoms with Gasteiger partial charge in [-0.25, -0.2) is 9.97 Å². The van der Waals surface area contributed by atoms with Gasteiger partial charge in [0.2, 0.25) is 11.9 Å². The van der Waals surface area contributed by atoms with Crippen LogP contribution in [0.15, 0.2) is 12.3 Å². The van der Waals surface area contributed by atoms with Crippen molar-refractivity contribution in [3.63, 3.8) is 0 Å². The fourth-order valence-electron chi connectivity index (χ4n) is 1.32. The van der Waals surface area contributed by atoms with Crippen LogP contribution in [0.4, 0.5) is 11.9 Å². The fraction of sp³-hybridized carbons (Fsp3) is 0.300. The maximum Gasteiger partial charge on any atom is 0.322 e. The van der Waals surface area contributed by atoms with Gasteiger partial charge >= 0.3 is 6.01 Å². The largest absolute Gasteiger partial charge is 0.467 e. The first kappa shape index (κ1) is 12.0. The van der Waals surface area contributed by atoms with Crippen molar-refractivity contribution in [2.45, 2.75) is 13.5 Å². The van der Waals surface area contributed by atoms with Crippen molar-refractivity contribution in [2.75, 3.05) is 18.2 Å². The van der Waals surface area contributed by atoms with Crippen LogP contribution in [0.25, 0.3) is 0 Å². The molecule has 0 saturated carbocycles. The summed E-state index contributed by atoms with van der Waals surface area (Å²) in [5.41, 5.74) is 6.35. The summed E-state index contributed by atoms with van der Waals surface area (Å²) in [6.07, 6.45) is 1.70. The number of aromatic nitrogens is 5. The van der Waals surface area contributed by atoms with Crippen LogP contribution in [0.5, 0.6) is 6.01 Å². The van der Waals surface area contributed by atoms with Crippen LogP contribution < -0.4 is 15.8 Å². The minimum absolute atomic E-state index is 0.100. The standard InChI is InChI=1S/C10H13N7O/c1-6-12-4-3-7(14-6)5-13-9-15-8(11)16-10(17-9)18-2/h3-4H,5H2,1-2H3,(H3,11,13,15,16,17). The van der Waals surface area contributed by atoms with Gasteiger partial charge in [-0.3, -0.25) is 0 Å². The molecule has 3 N–H and O–H groups in total. The van der Waals surface area contributed by atoms with Gasteiger partial charge in [0, 0.05) is 6.20 Å². The minimum atomic E-state index is 0.100. The van der Waals surface area contributed by atoms with E-state index in [1.165, 1.54) is 7.11 Å². The van der Waals surface area contributed by atoms with Gasteiger partial charge in [-0.05, 0) is 13.0 Å². The van der Waals surface area contributed by atoms with E-state index in [2.05, 4.69) is 30.2 Å². The lowest BCUT2D eigenvalue weighted by Crippen LogP contribution is -2.09. The third kappa shape index (κ3) is 3.00. The molecule has 2 heterocycles. The molecule has 8 heteroatoms. The topological polar surface area (TPSA) is 112 Å². The third-order valence-electron chi connectivity index (χ3n) is 2.08. The van der Waals surface area contributed by atoms with Crippen LogP contribution in [0, 0.1) is 6.92 Å². The summed E-state index contributed by atoms with van der Waals surface area (Å²) in [6, 6.07) is 1.98. The van der Waals surface area contributed by atoms with Crippen LogP contribution in [0.3, 0.4) is 0 Å². The van der Waals surface area contributed by atoms with E-state index in [1.807, 2.05) is 13.0 Å². The zero-order chi connectivity index (χ0) is 13.0. The molecule has 94 valence electrons. The van der Waals surface area contributed by atoms with Crippen LogP contribution in [-0.2, 0) is 6.54 Å². The first-order valence-corrected chi connectivity index (χ1v) is 5.25. The van der Waals surface area contributed by atoms with Crippen LogP contribution >= 0.6 is 0 Å². The van der Waals surface area contributed by atoms with Crippen molar-refractivity contribution in [3.05, 3.63) is 23.8 Å². The Morgan fingerprint density at radius 3 is 2.83 bits per heavy atom. The van der Waals surface area contributed by atoms with E-state index < -0.39 is 0 Å². The van der Waals surface area contributed by atoms with E-state index in [9.17, 15) is 0 Å². The first-order chi connectivity index (χ1) is 8.67. The number of nitrogens with two attached hydrogens (primary N) is 1. The number of aryl methyl sites for hydroxylation is 1. The zero-order valence-electron chi connectivity index (χ0n) is 10.1. The van der Waals surface area contributed by atoms with Gasteiger partial charge in [-0.15, -0.1) is 0 Å². The van der Waals surface area contributed by atoms with Gasteiger partial charge < -0.3 is 15.8 Å². The van der Waals surface area contributed by atoms with Crippen LogP contribution in [-0.4, -0.2) is 32.0 Å². The molecule has 0 bridgehead atoms. The zero-order valence-corrected chi connectivity index (χ0v) is 10.1. The number of nitrogens with one attached hydrogen (secondary N) is 1. The third-order valence-corrected chi connectivity index (χ3v) is 2.08. The first-order valence-electron chi connectivity index (χ1n) is 5.25. The maximum absolute atomic E-state index is 5.52. The summed E-state index contributed by atoms with van der Waals surface area (Å²) >= 11 is 0. The summed E-state index contributed by atoms with van der Waals surface area (Å²) in [5, 5.41) is 2.99. The Labute approximate surface area is 104 Å². The second-order valence-corrected chi connectivity index (χ2v) is 3.45. The Hall–Kier alpha value is -2.51. The quantitative estimate of drug-likeness (QED) is 0.786. The van der Waals surface area contributed by atoms with E-state index >= 15 is 0 Å². The van der Waals surface area contributed by atoms with Crippen molar-refractivity contribution >= 4 is 11.9 Å². The molecule has 0 aliphatic carbocycles. The van der Waals surface area contributed by atoms with Crippen molar-refractivity contribution < 1.29 is 4.74 Å². The van der Waals surface area contributed by atoms with Gasteiger partial charge in [-0.1, -0.05) is 0 Å². The van der Waals surface area contributed by atoms with Crippen molar-refractivity contribution in [3.8, 4) is 6.01 Å². The van der Waals surface area contributed by atoms with Gasteiger partial charge in [0.25, 0.3) is 0 Å². The van der Waals surface area contributed by atoms with Gasteiger partial charge in [-0.2, -0.15) is 15.0 Å². The fourth-order valence-corrected chi connectivity index (χ4v) is 1.32. The molecule has 2 aromatic heterocycles. The van der Waals surface area contributed by atoms with E-state index in [4.69, 9.17) is 10.5 Å². The highest BCUT2D eigenvalue weighted by molar-refractivity contribution is 5.32. The molecule has 0 fully saturated rings. The molecule has 0 atom stereocenters. The van der Waals surface area contributed by atoms with E-state index in [1.54, 1.807) is 6.20 Å². The Morgan fingerprint density at radius 1 is 1.28 bits per heavy atom. The van der Waals surface area contributed by atoms with Crippen LogP contribution in [0.1, 0.15) is 11.5 Å². The smallest absolute Gasteiger partial charge is 0.322 e. The van der Waals surface area contributed by atoms with Gasteiger partial charge in [0.1, 0.15) is 5.82 Å². The summed E-state index contributed by atoms with van der Waals surface area (Å²) in [4.78, 5) is 20.0. The molecular formula is C10H13N7O. The number of nitrogens with zero attached hydrogens (tertiary/aromatic N) is 5. The second kappa shape index (κ2) is 5.21. The Bertz CT molecular complexity index is 545. The van der Waals surface area contributed by atoms with Crippen molar-refractivity contribution in [2.24, 2.45) is 0 Å². The van der Waals surface area contributed by atoms with Gasteiger partial charge in [0.05, 0.1) is 19.3 Å². The molecule has 0 aliphatic rings. The molecule has 0 aromatic carbocycles. The Kier molecular flexibility index (Phi) is 3.46. The highest BCUT2D eigenvalue weighted by Gasteiger charge is 2.04. The molecule has 2 rings (SSSR count). The normalized spacial score (nSPS) is 10.1. The SMILES string of the molecule is COc1nc(N)nc(NCc2ccnc(C)n2)n1. The van der Waals surface area contributed by atoms with E-state index in [0.717, 1.165) is 5.69 Å². The molecule has 0 amide bonds. The molecule has 0 aliphatic heterocycles. The lowest BCUT2D eigenvalue weighted by Gasteiger charge is -2.06. The summed E-state index contributed by atoms with van der Waals surface area (Å²) in [7, 11) is 1.46. The monoisotopic (exact) mass is 247 g/mol. The number of nitrogen functional groups attached to an aromatic ring is 1. The predicted molar refractivity (Wildman–Crippen MR) is 64.9 cm³/mol. The molecule has 0 unspecified atom stereocenters. The number of hydrogen-bond donors (Lipinski definition) is 2. The maximum atomic E-state index is 5.52. The lowest BCUT2D eigenvalue weighted by molar-refractivity contribution is 0.379. The van der Waals surface area contributed by atoms with Gasteiger partial charge in [0.15, 0.2) is 0 Å². The highest BCUT2D eigenvalue weighted by Crippen LogP contribution is 2.09. The number of rotatable bonds is 4. The summed E-state index contributed by atoms with van der Waals surface area (Å²) in [6.45, 7) is 2.30. The molecule has 8 nitrogen and oxygen atoms in total. The molecule has 18 heavy (non-hydrogen) atoms. The van der Waals surface area contributed by atoms with Crippen molar-refractivity contribution in [1.29, 1.82) is 0 Å². The highest BCUT2D eigenvalue weighted by atomic mass is 16.5. The lowest BCUT2D eigenvalue weighted by atomic mass is 10.4. The van der Waals surface area contributed by atoms with E-state index in [-0.39, 0.29) is 12.0 Å². The summed E-state index contributed by atoms with van der Waals surface area (Å²) < 4.78 is 4.90. The molecular weight excluding hydrogens is 234 g/mol. The predicted octanol–water partition coefficient (Wildman–Crippen LogP) is 0.173. The average molecular weight is 247 g/mol. The minimum Gasteiger partial charge on any atom is -0.467 e. The number of anilines is 2. The van der Waals surface area contributed by atoms with Crippen molar-refractivity contribution in [1.82, 2.24) is 24.9 Å². The van der Waals surface area contributed by atoms with Crippen LogP contribution in [0.2, 0.25) is 0 Å². The number of methoxy groups -OCH3 is 1. The average Bonchev–Trinajstić information content (AvgIpc) is 2.36. The molecule has 0 saturated heterocycles. The number of ether oxygens (including phenoxy) is 1. The molecule has 0 radical (unpaired) electrons. The number of hydrogen-bond acceptors (Lipinski definition) is 8. The second-order valence-electron chi connectivity index (χ2n) is 3.45. The van der Waals surface area contributed by atoms with E-state index in [0.29, 0.717) is 18.3 Å². The summed E-state index contributed by atoms with van der Waals surface area (Å²) in [5.74, 6) is 1.15. The Balaban J connectivity index is 2.08. The Morgan fingerprint density at radius 2 is 2.11 bits per heavy atom.